The number of hydrogen-bond acceptors (Lipinski definition) is 4. The summed E-state index contributed by atoms with van der Waals surface area (Å²) in [7, 11) is 0. The van der Waals surface area contributed by atoms with Crippen molar-refractivity contribution in [1.82, 2.24) is 15.4 Å². The molecule has 0 unspecified atom stereocenters. The Balaban J connectivity index is 1.47. The number of nitrogens with one attached hydrogen (secondary N) is 1. The van der Waals surface area contributed by atoms with Crippen molar-refractivity contribution in [3.8, 4) is 0 Å². The fourth-order valence-corrected chi connectivity index (χ4v) is 3.32. The number of hydrogen-bond donors (Lipinski definition) is 1. The normalized spacial score (nSPS) is 15.3. The molecule has 1 fully saturated rings. The summed E-state index contributed by atoms with van der Waals surface area (Å²) in [5, 5.41) is 6.86. The first kappa shape index (κ1) is 17.7. The van der Waals surface area contributed by atoms with Gasteiger partial charge in [-0.2, -0.15) is 0 Å². The zero-order chi connectivity index (χ0) is 17.6. The van der Waals surface area contributed by atoms with Crippen LogP contribution >= 0.6 is 0 Å². The second-order valence-corrected chi connectivity index (χ2v) is 6.91. The van der Waals surface area contributed by atoms with Gasteiger partial charge in [-0.25, -0.2) is 0 Å². The minimum atomic E-state index is -0.00760. The summed E-state index contributed by atoms with van der Waals surface area (Å²) >= 11 is 0. The van der Waals surface area contributed by atoms with Gasteiger partial charge in [0.05, 0.1) is 12.1 Å². The standard InChI is InChI=1S/C20H27N3O2/c1-15-19(16(2)25-22-15)12-20(24)21-13-17-6-8-18(9-7-17)14-23-10-4-3-5-11-23/h6-9H,3-5,10-14H2,1-2H3,(H,21,24). The number of piperidine rings is 1. The summed E-state index contributed by atoms with van der Waals surface area (Å²) in [5.41, 5.74) is 4.13. The van der Waals surface area contributed by atoms with Gasteiger partial charge >= 0.3 is 0 Å². The molecule has 1 aliphatic heterocycles. The maximum atomic E-state index is 12.1. The molecule has 0 radical (unpaired) electrons. The van der Waals surface area contributed by atoms with E-state index in [1.165, 1.54) is 37.9 Å². The molecule has 0 spiro atoms. The molecule has 1 amide bonds. The van der Waals surface area contributed by atoms with Crippen LogP contribution in [-0.4, -0.2) is 29.1 Å². The quantitative estimate of drug-likeness (QED) is 0.877. The first-order valence-corrected chi connectivity index (χ1v) is 9.10. The van der Waals surface area contributed by atoms with E-state index >= 15 is 0 Å². The van der Waals surface area contributed by atoms with Gasteiger partial charge in [0.15, 0.2) is 0 Å². The average molecular weight is 341 g/mol. The lowest BCUT2D eigenvalue weighted by molar-refractivity contribution is -0.120. The largest absolute Gasteiger partial charge is 0.361 e. The molecule has 1 aliphatic rings. The Morgan fingerprint density at radius 3 is 2.44 bits per heavy atom. The lowest BCUT2D eigenvalue weighted by Crippen LogP contribution is -2.29. The van der Waals surface area contributed by atoms with Gasteiger partial charge in [-0.3, -0.25) is 9.69 Å². The third kappa shape index (κ3) is 4.92. The third-order valence-electron chi connectivity index (χ3n) is 4.89. The summed E-state index contributed by atoms with van der Waals surface area (Å²) in [4.78, 5) is 14.6. The Labute approximate surface area is 149 Å². The molecule has 2 heterocycles. The van der Waals surface area contributed by atoms with Crippen molar-refractivity contribution in [2.45, 2.75) is 52.6 Å². The lowest BCUT2D eigenvalue weighted by atomic mass is 10.1. The van der Waals surface area contributed by atoms with Crippen LogP contribution in [0.15, 0.2) is 28.8 Å². The first-order valence-electron chi connectivity index (χ1n) is 9.10. The van der Waals surface area contributed by atoms with Crippen molar-refractivity contribution >= 4 is 5.91 Å². The zero-order valence-corrected chi connectivity index (χ0v) is 15.2. The number of benzene rings is 1. The number of amides is 1. The minimum absolute atomic E-state index is 0.00760. The molecule has 2 aromatic rings. The van der Waals surface area contributed by atoms with Crippen molar-refractivity contribution in [2.24, 2.45) is 0 Å². The molecule has 5 heteroatoms. The average Bonchev–Trinajstić information content (AvgIpc) is 2.94. The van der Waals surface area contributed by atoms with Gasteiger partial charge in [-0.05, 0) is 50.9 Å². The molecule has 1 N–H and O–H groups in total. The fourth-order valence-electron chi connectivity index (χ4n) is 3.32. The van der Waals surface area contributed by atoms with Gasteiger partial charge in [-0.15, -0.1) is 0 Å². The second-order valence-electron chi connectivity index (χ2n) is 6.91. The highest BCUT2D eigenvalue weighted by Gasteiger charge is 2.13. The van der Waals surface area contributed by atoms with Crippen molar-refractivity contribution < 1.29 is 9.32 Å². The van der Waals surface area contributed by atoms with Crippen LogP contribution in [0.2, 0.25) is 0 Å². The summed E-state index contributed by atoms with van der Waals surface area (Å²) in [6.45, 7) is 7.69. The van der Waals surface area contributed by atoms with E-state index in [9.17, 15) is 4.79 Å². The van der Waals surface area contributed by atoms with Gasteiger partial charge in [0, 0.05) is 18.7 Å². The maximum Gasteiger partial charge on any atom is 0.224 e. The van der Waals surface area contributed by atoms with E-state index in [1.54, 1.807) is 0 Å². The van der Waals surface area contributed by atoms with E-state index in [0.717, 1.165) is 29.1 Å². The van der Waals surface area contributed by atoms with E-state index in [2.05, 4.69) is 39.6 Å². The molecule has 1 aromatic heterocycles. The highest BCUT2D eigenvalue weighted by atomic mass is 16.5. The zero-order valence-electron chi connectivity index (χ0n) is 15.2. The summed E-state index contributed by atoms with van der Waals surface area (Å²) in [5.74, 6) is 0.710. The minimum Gasteiger partial charge on any atom is -0.361 e. The molecule has 25 heavy (non-hydrogen) atoms. The molecule has 0 bridgehead atoms. The number of likely N-dealkylation sites (tertiary alicyclic amines) is 1. The van der Waals surface area contributed by atoms with Crippen LogP contribution in [0.25, 0.3) is 0 Å². The van der Waals surface area contributed by atoms with Crippen LogP contribution in [0.4, 0.5) is 0 Å². The van der Waals surface area contributed by atoms with Crippen LogP contribution in [0.5, 0.6) is 0 Å². The number of nitrogens with zero attached hydrogens (tertiary/aromatic N) is 2. The highest BCUT2D eigenvalue weighted by Crippen LogP contribution is 2.14. The summed E-state index contributed by atoms with van der Waals surface area (Å²) in [6.07, 6.45) is 4.31. The Morgan fingerprint density at radius 1 is 1.12 bits per heavy atom. The van der Waals surface area contributed by atoms with Gasteiger partial charge < -0.3 is 9.84 Å². The third-order valence-corrected chi connectivity index (χ3v) is 4.89. The number of carbonyl (C=O) groups excluding carboxylic acids is 1. The molecule has 134 valence electrons. The van der Waals surface area contributed by atoms with Crippen LogP contribution in [0, 0.1) is 13.8 Å². The maximum absolute atomic E-state index is 12.1. The molecule has 0 aliphatic carbocycles. The Morgan fingerprint density at radius 2 is 1.80 bits per heavy atom. The van der Waals surface area contributed by atoms with E-state index < -0.39 is 0 Å². The van der Waals surface area contributed by atoms with Gasteiger partial charge in [-0.1, -0.05) is 35.8 Å². The fraction of sp³-hybridized carbons (Fsp3) is 0.500. The van der Waals surface area contributed by atoms with Gasteiger partial charge in [0.25, 0.3) is 0 Å². The number of carbonyl (C=O) groups is 1. The SMILES string of the molecule is Cc1noc(C)c1CC(=O)NCc1ccc(CN2CCCCC2)cc1. The monoisotopic (exact) mass is 341 g/mol. The Bertz CT molecular complexity index is 681. The van der Waals surface area contributed by atoms with Crippen LogP contribution < -0.4 is 5.32 Å². The summed E-state index contributed by atoms with van der Waals surface area (Å²) in [6, 6.07) is 8.56. The highest BCUT2D eigenvalue weighted by molar-refractivity contribution is 5.78. The smallest absolute Gasteiger partial charge is 0.224 e. The van der Waals surface area contributed by atoms with E-state index in [0.29, 0.717) is 13.0 Å². The number of rotatable bonds is 6. The van der Waals surface area contributed by atoms with Crippen molar-refractivity contribution in [2.75, 3.05) is 13.1 Å². The van der Waals surface area contributed by atoms with Crippen LogP contribution in [-0.2, 0) is 24.3 Å². The lowest BCUT2D eigenvalue weighted by Gasteiger charge is -2.26. The molecule has 0 saturated carbocycles. The van der Waals surface area contributed by atoms with Crippen molar-refractivity contribution in [1.29, 1.82) is 0 Å². The Hall–Kier alpha value is -2.14. The van der Waals surface area contributed by atoms with Crippen LogP contribution in [0.3, 0.4) is 0 Å². The number of aryl methyl sites for hydroxylation is 2. The molecular weight excluding hydrogens is 314 g/mol. The predicted molar refractivity (Wildman–Crippen MR) is 97.1 cm³/mol. The first-order chi connectivity index (χ1) is 12.1. The van der Waals surface area contributed by atoms with Crippen molar-refractivity contribution in [3.05, 3.63) is 52.4 Å². The van der Waals surface area contributed by atoms with E-state index in [-0.39, 0.29) is 5.91 Å². The molecule has 1 saturated heterocycles. The van der Waals surface area contributed by atoms with Crippen molar-refractivity contribution in [3.63, 3.8) is 0 Å². The second kappa shape index (κ2) is 8.30. The predicted octanol–water partition coefficient (Wildman–Crippen LogP) is 3.14. The van der Waals surface area contributed by atoms with Crippen LogP contribution in [0.1, 0.15) is 47.4 Å². The molecule has 5 nitrogen and oxygen atoms in total. The summed E-state index contributed by atoms with van der Waals surface area (Å²) < 4.78 is 5.10. The molecule has 0 atom stereocenters. The Kier molecular flexibility index (Phi) is 5.87. The van der Waals surface area contributed by atoms with Gasteiger partial charge in [0.1, 0.15) is 5.76 Å². The van der Waals surface area contributed by atoms with E-state index in [1.807, 2.05) is 13.8 Å². The van der Waals surface area contributed by atoms with E-state index in [4.69, 9.17) is 4.52 Å². The topological polar surface area (TPSA) is 58.4 Å². The molecule has 1 aromatic carbocycles. The van der Waals surface area contributed by atoms with Gasteiger partial charge in [0.2, 0.25) is 5.91 Å². The number of aromatic nitrogens is 1. The molecule has 3 rings (SSSR count). The molecular formula is C20H27N3O2.